The monoisotopic (exact) mass is 450 g/mol. The average molecular weight is 451 g/mol. The molecule has 1 heterocycles. The van der Waals surface area contributed by atoms with Crippen LogP contribution < -0.4 is 0 Å². The minimum absolute atomic E-state index is 0.0447. The van der Waals surface area contributed by atoms with Crippen LogP contribution in [0.25, 0.3) is 0 Å². The fourth-order valence-electron chi connectivity index (χ4n) is 3.39. The molecular formula is C24H34O8. The Morgan fingerprint density at radius 2 is 1.75 bits per heavy atom. The molecule has 0 spiro atoms. The van der Waals surface area contributed by atoms with Gasteiger partial charge in [0.2, 0.25) is 6.29 Å². The molecule has 1 aliphatic rings. The molecule has 0 aromatic heterocycles. The Balaban J connectivity index is 2.23. The van der Waals surface area contributed by atoms with Crippen LogP contribution in [0.4, 0.5) is 0 Å². The second kappa shape index (κ2) is 10.0. The first-order valence-electron chi connectivity index (χ1n) is 10.7. The number of hydrogen-bond acceptors (Lipinski definition) is 7. The van der Waals surface area contributed by atoms with Gasteiger partial charge >= 0.3 is 17.9 Å². The van der Waals surface area contributed by atoms with Crippen molar-refractivity contribution in [3.05, 3.63) is 35.9 Å². The van der Waals surface area contributed by atoms with E-state index < -0.39 is 53.2 Å². The Labute approximate surface area is 189 Å². The average Bonchev–Trinajstić information content (AvgIpc) is 2.97. The molecule has 0 bridgehead atoms. The molecule has 0 amide bonds. The molecule has 1 aromatic carbocycles. The lowest BCUT2D eigenvalue weighted by Gasteiger charge is -2.32. The number of benzene rings is 1. The number of cyclic esters (lactones) is 1. The molecule has 8 nitrogen and oxygen atoms in total. The Morgan fingerprint density at radius 3 is 2.25 bits per heavy atom. The SMILES string of the molecule is CC(C)(C)OC(=O)C[C@]1([C@@H](CCOCc2ccccc2)C(=O)O)O[C@@H](C(C)(C)C)OC1=O. The maximum atomic E-state index is 13.0. The maximum Gasteiger partial charge on any atom is 0.342 e. The van der Waals surface area contributed by atoms with Gasteiger partial charge in [-0.15, -0.1) is 0 Å². The Kier molecular flexibility index (Phi) is 8.07. The summed E-state index contributed by atoms with van der Waals surface area (Å²) in [6.45, 7) is 10.8. The molecule has 0 radical (unpaired) electrons. The number of ether oxygens (including phenoxy) is 4. The van der Waals surface area contributed by atoms with E-state index in [1.165, 1.54) is 0 Å². The van der Waals surface area contributed by atoms with Crippen LogP contribution in [0.15, 0.2) is 30.3 Å². The summed E-state index contributed by atoms with van der Waals surface area (Å²) >= 11 is 0. The van der Waals surface area contributed by atoms with Crippen molar-refractivity contribution in [3.63, 3.8) is 0 Å². The number of esters is 2. The zero-order valence-corrected chi connectivity index (χ0v) is 19.7. The summed E-state index contributed by atoms with van der Waals surface area (Å²) in [5.74, 6) is -4.24. The first-order chi connectivity index (χ1) is 14.7. The first kappa shape index (κ1) is 25.8. The van der Waals surface area contributed by atoms with Crippen LogP contribution in [0.3, 0.4) is 0 Å². The molecule has 32 heavy (non-hydrogen) atoms. The van der Waals surface area contributed by atoms with Gasteiger partial charge in [-0.25, -0.2) is 4.79 Å². The molecule has 1 saturated heterocycles. The molecule has 1 aliphatic heterocycles. The van der Waals surface area contributed by atoms with E-state index in [4.69, 9.17) is 18.9 Å². The molecule has 178 valence electrons. The van der Waals surface area contributed by atoms with Crippen LogP contribution in [-0.4, -0.2) is 47.1 Å². The fourth-order valence-corrected chi connectivity index (χ4v) is 3.39. The van der Waals surface area contributed by atoms with E-state index in [9.17, 15) is 19.5 Å². The van der Waals surface area contributed by atoms with Crippen molar-refractivity contribution in [3.8, 4) is 0 Å². The second-order valence-electron chi connectivity index (χ2n) is 10.1. The second-order valence-corrected chi connectivity index (χ2v) is 10.1. The van der Waals surface area contributed by atoms with Crippen molar-refractivity contribution in [2.75, 3.05) is 6.61 Å². The van der Waals surface area contributed by atoms with Crippen LogP contribution >= 0.6 is 0 Å². The summed E-state index contributed by atoms with van der Waals surface area (Å²) in [7, 11) is 0. The fraction of sp³-hybridized carbons (Fsp3) is 0.625. The maximum absolute atomic E-state index is 13.0. The smallest absolute Gasteiger partial charge is 0.342 e. The Morgan fingerprint density at radius 1 is 1.12 bits per heavy atom. The topological polar surface area (TPSA) is 108 Å². The molecule has 1 aromatic rings. The molecule has 0 saturated carbocycles. The van der Waals surface area contributed by atoms with Crippen LogP contribution in [0.2, 0.25) is 0 Å². The van der Waals surface area contributed by atoms with E-state index in [2.05, 4.69) is 0 Å². The van der Waals surface area contributed by atoms with Gasteiger partial charge in [0, 0.05) is 12.0 Å². The van der Waals surface area contributed by atoms with Gasteiger partial charge < -0.3 is 24.1 Å². The molecule has 2 rings (SSSR count). The molecule has 1 N–H and O–H groups in total. The van der Waals surface area contributed by atoms with Crippen molar-refractivity contribution in [2.45, 2.75) is 78.5 Å². The van der Waals surface area contributed by atoms with Crippen molar-refractivity contribution >= 4 is 17.9 Å². The van der Waals surface area contributed by atoms with Gasteiger partial charge in [0.1, 0.15) is 5.60 Å². The molecule has 3 atom stereocenters. The largest absolute Gasteiger partial charge is 0.481 e. The highest BCUT2D eigenvalue weighted by molar-refractivity contribution is 5.92. The van der Waals surface area contributed by atoms with Gasteiger partial charge in [-0.3, -0.25) is 9.59 Å². The standard InChI is InChI=1S/C24H34O8/c1-22(2,3)21-30-20(28)24(32-21,14-18(25)31-23(4,5)6)17(19(26)27)12-13-29-15-16-10-8-7-9-11-16/h7-11,17,21H,12-15H2,1-6H3,(H,26,27)/t17-,21-,24+/m0/s1. The predicted octanol–water partition coefficient (Wildman–Crippen LogP) is 3.71. The lowest BCUT2D eigenvalue weighted by Crippen LogP contribution is -2.51. The van der Waals surface area contributed by atoms with E-state index in [0.29, 0.717) is 6.61 Å². The van der Waals surface area contributed by atoms with Gasteiger partial charge in [0.05, 0.1) is 18.9 Å². The zero-order valence-electron chi connectivity index (χ0n) is 19.7. The quantitative estimate of drug-likeness (QED) is 0.448. The summed E-state index contributed by atoms with van der Waals surface area (Å²) < 4.78 is 22.3. The third kappa shape index (κ3) is 6.77. The summed E-state index contributed by atoms with van der Waals surface area (Å²) in [6.07, 6.45) is -1.60. The summed E-state index contributed by atoms with van der Waals surface area (Å²) in [5.41, 5.74) is -2.48. The molecular weight excluding hydrogens is 416 g/mol. The van der Waals surface area contributed by atoms with Crippen molar-refractivity contribution in [1.29, 1.82) is 0 Å². The van der Waals surface area contributed by atoms with Crippen molar-refractivity contribution in [1.82, 2.24) is 0 Å². The van der Waals surface area contributed by atoms with Gasteiger partial charge in [-0.05, 0) is 32.8 Å². The highest BCUT2D eigenvalue weighted by Gasteiger charge is 2.61. The van der Waals surface area contributed by atoms with Crippen LogP contribution in [0.1, 0.15) is 59.9 Å². The lowest BCUT2D eigenvalue weighted by atomic mass is 9.82. The summed E-state index contributed by atoms with van der Waals surface area (Å²) in [5, 5.41) is 9.97. The van der Waals surface area contributed by atoms with Crippen molar-refractivity contribution in [2.24, 2.45) is 11.3 Å². The highest BCUT2D eigenvalue weighted by Crippen LogP contribution is 2.42. The predicted molar refractivity (Wildman–Crippen MR) is 115 cm³/mol. The minimum atomic E-state index is -2.00. The number of rotatable bonds is 9. The number of carboxylic acids is 1. The molecule has 1 fully saturated rings. The number of hydrogen-bond donors (Lipinski definition) is 1. The van der Waals surface area contributed by atoms with E-state index in [-0.39, 0.29) is 13.0 Å². The van der Waals surface area contributed by atoms with E-state index in [0.717, 1.165) is 5.56 Å². The summed E-state index contributed by atoms with van der Waals surface area (Å²) in [6, 6.07) is 9.43. The number of carbonyl (C=O) groups excluding carboxylic acids is 2. The highest BCUT2D eigenvalue weighted by atomic mass is 16.8. The third-order valence-corrected chi connectivity index (χ3v) is 4.93. The normalized spacial score (nSPS) is 22.3. The van der Waals surface area contributed by atoms with Gasteiger partial charge in [-0.1, -0.05) is 51.1 Å². The zero-order chi connectivity index (χ0) is 24.2. The number of carbonyl (C=O) groups is 3. The first-order valence-corrected chi connectivity index (χ1v) is 10.7. The number of aliphatic carboxylic acids is 1. The van der Waals surface area contributed by atoms with Crippen LogP contribution in [0, 0.1) is 11.3 Å². The minimum Gasteiger partial charge on any atom is -0.481 e. The van der Waals surface area contributed by atoms with E-state index >= 15 is 0 Å². The molecule has 0 unspecified atom stereocenters. The Bertz CT molecular complexity index is 806. The van der Waals surface area contributed by atoms with Gasteiger partial charge in [0.25, 0.3) is 0 Å². The molecule has 0 aliphatic carbocycles. The van der Waals surface area contributed by atoms with Gasteiger partial charge in [0.15, 0.2) is 5.60 Å². The van der Waals surface area contributed by atoms with Gasteiger partial charge in [-0.2, -0.15) is 0 Å². The number of carboxylic acid groups (broad SMARTS) is 1. The van der Waals surface area contributed by atoms with Crippen LogP contribution in [-0.2, 0) is 39.9 Å². The third-order valence-electron chi connectivity index (χ3n) is 4.93. The van der Waals surface area contributed by atoms with Crippen molar-refractivity contribution < 1.29 is 38.4 Å². The lowest BCUT2D eigenvalue weighted by molar-refractivity contribution is -0.186. The summed E-state index contributed by atoms with van der Waals surface area (Å²) in [4.78, 5) is 37.9. The van der Waals surface area contributed by atoms with Crippen LogP contribution in [0.5, 0.6) is 0 Å². The van der Waals surface area contributed by atoms with E-state index in [1.54, 1.807) is 41.5 Å². The molecule has 8 heteroatoms. The van der Waals surface area contributed by atoms with E-state index in [1.807, 2.05) is 30.3 Å². The Hall–Kier alpha value is -2.45.